The molecule has 0 aliphatic carbocycles. The SMILES string of the molecule is Nc1ccncc1CC1Cc2ccccc2O1. The highest BCUT2D eigenvalue weighted by Crippen LogP contribution is 2.30. The number of ether oxygens (including phenoxy) is 1. The quantitative estimate of drug-likeness (QED) is 0.854. The van der Waals surface area contributed by atoms with E-state index in [1.807, 2.05) is 30.5 Å². The Labute approximate surface area is 100 Å². The highest BCUT2D eigenvalue weighted by Gasteiger charge is 2.22. The number of hydrogen-bond acceptors (Lipinski definition) is 3. The molecule has 0 fully saturated rings. The van der Waals surface area contributed by atoms with Gasteiger partial charge in [0.05, 0.1) is 0 Å². The minimum atomic E-state index is 0.180. The van der Waals surface area contributed by atoms with Crippen LogP contribution in [-0.4, -0.2) is 11.1 Å². The highest BCUT2D eigenvalue weighted by molar-refractivity contribution is 5.45. The molecule has 17 heavy (non-hydrogen) atoms. The van der Waals surface area contributed by atoms with Crippen LogP contribution in [0.25, 0.3) is 0 Å². The van der Waals surface area contributed by atoms with Crippen LogP contribution in [0, 0.1) is 0 Å². The Hall–Kier alpha value is -2.03. The zero-order valence-corrected chi connectivity index (χ0v) is 9.47. The Morgan fingerprint density at radius 2 is 2.18 bits per heavy atom. The third-order valence-corrected chi connectivity index (χ3v) is 3.10. The molecule has 0 amide bonds. The molecule has 3 heteroatoms. The first-order valence-corrected chi connectivity index (χ1v) is 5.76. The molecule has 2 N–H and O–H groups in total. The monoisotopic (exact) mass is 226 g/mol. The number of nitrogens with two attached hydrogens (primary N) is 1. The van der Waals surface area contributed by atoms with E-state index < -0.39 is 0 Å². The number of fused-ring (bicyclic) bond motifs is 1. The molecule has 0 radical (unpaired) electrons. The zero-order chi connectivity index (χ0) is 11.7. The summed E-state index contributed by atoms with van der Waals surface area (Å²) in [5, 5.41) is 0. The van der Waals surface area contributed by atoms with Crippen LogP contribution >= 0.6 is 0 Å². The second-order valence-corrected chi connectivity index (χ2v) is 4.33. The fourth-order valence-corrected chi connectivity index (χ4v) is 2.22. The number of nitrogen functional groups attached to an aromatic ring is 1. The molecule has 1 aliphatic rings. The Morgan fingerprint density at radius 1 is 1.29 bits per heavy atom. The lowest BCUT2D eigenvalue weighted by Gasteiger charge is -2.11. The van der Waals surface area contributed by atoms with Gasteiger partial charge in [-0.3, -0.25) is 4.98 Å². The smallest absolute Gasteiger partial charge is 0.123 e. The van der Waals surface area contributed by atoms with E-state index in [4.69, 9.17) is 10.5 Å². The molecule has 1 aliphatic heterocycles. The van der Waals surface area contributed by atoms with Crippen LogP contribution in [0.4, 0.5) is 5.69 Å². The average Bonchev–Trinajstić information content (AvgIpc) is 2.74. The van der Waals surface area contributed by atoms with Crippen molar-refractivity contribution in [1.29, 1.82) is 0 Å². The number of rotatable bonds is 2. The summed E-state index contributed by atoms with van der Waals surface area (Å²) >= 11 is 0. The summed E-state index contributed by atoms with van der Waals surface area (Å²) in [5.74, 6) is 1.000. The maximum Gasteiger partial charge on any atom is 0.123 e. The van der Waals surface area contributed by atoms with Crippen molar-refractivity contribution in [2.45, 2.75) is 18.9 Å². The van der Waals surface area contributed by atoms with Crippen LogP contribution < -0.4 is 10.5 Å². The van der Waals surface area contributed by atoms with Gasteiger partial charge in [0.15, 0.2) is 0 Å². The van der Waals surface area contributed by atoms with Crippen LogP contribution in [0.3, 0.4) is 0 Å². The van der Waals surface area contributed by atoms with Crippen molar-refractivity contribution in [3.63, 3.8) is 0 Å². The number of para-hydroxylation sites is 1. The van der Waals surface area contributed by atoms with E-state index in [1.54, 1.807) is 6.20 Å². The summed E-state index contributed by atoms with van der Waals surface area (Å²) in [6.07, 6.45) is 5.47. The molecule has 3 rings (SSSR count). The number of pyridine rings is 1. The molecular weight excluding hydrogens is 212 g/mol. The van der Waals surface area contributed by atoms with Crippen molar-refractivity contribution in [3.05, 3.63) is 53.9 Å². The first-order chi connectivity index (χ1) is 8.33. The molecule has 1 aromatic carbocycles. The van der Waals surface area contributed by atoms with Crippen molar-refractivity contribution in [3.8, 4) is 5.75 Å². The van der Waals surface area contributed by atoms with Crippen LogP contribution in [0.2, 0.25) is 0 Å². The minimum Gasteiger partial charge on any atom is -0.489 e. The van der Waals surface area contributed by atoms with Crippen molar-refractivity contribution >= 4 is 5.69 Å². The lowest BCUT2D eigenvalue weighted by molar-refractivity contribution is 0.233. The van der Waals surface area contributed by atoms with E-state index in [0.717, 1.165) is 29.8 Å². The summed E-state index contributed by atoms with van der Waals surface area (Å²) in [5.41, 5.74) is 9.04. The van der Waals surface area contributed by atoms with Crippen molar-refractivity contribution < 1.29 is 4.74 Å². The molecule has 1 aromatic heterocycles. The van der Waals surface area contributed by atoms with Gasteiger partial charge in [-0.25, -0.2) is 0 Å². The van der Waals surface area contributed by atoms with Crippen molar-refractivity contribution in [2.75, 3.05) is 5.73 Å². The van der Waals surface area contributed by atoms with Gasteiger partial charge in [-0.1, -0.05) is 18.2 Å². The number of nitrogens with zero attached hydrogens (tertiary/aromatic N) is 1. The highest BCUT2D eigenvalue weighted by atomic mass is 16.5. The maximum atomic E-state index is 5.91. The molecular formula is C14H14N2O. The lowest BCUT2D eigenvalue weighted by Crippen LogP contribution is -2.17. The predicted molar refractivity (Wildman–Crippen MR) is 66.9 cm³/mol. The number of hydrogen-bond donors (Lipinski definition) is 1. The summed E-state index contributed by atoms with van der Waals surface area (Å²) in [6, 6.07) is 10.0. The van der Waals surface area contributed by atoms with E-state index in [2.05, 4.69) is 11.1 Å². The van der Waals surface area contributed by atoms with Gasteiger partial charge in [0, 0.05) is 30.9 Å². The molecule has 86 valence electrons. The summed E-state index contributed by atoms with van der Waals surface area (Å²) < 4.78 is 5.88. The van der Waals surface area contributed by atoms with Gasteiger partial charge in [0.1, 0.15) is 11.9 Å². The van der Waals surface area contributed by atoms with Gasteiger partial charge in [0.25, 0.3) is 0 Å². The van der Waals surface area contributed by atoms with Gasteiger partial charge in [-0.05, 0) is 23.3 Å². The average molecular weight is 226 g/mol. The fraction of sp³-hybridized carbons (Fsp3) is 0.214. The third kappa shape index (κ3) is 1.96. The molecule has 0 saturated carbocycles. The van der Waals surface area contributed by atoms with E-state index in [0.29, 0.717) is 0 Å². The zero-order valence-electron chi connectivity index (χ0n) is 9.47. The van der Waals surface area contributed by atoms with Crippen LogP contribution in [-0.2, 0) is 12.8 Å². The number of anilines is 1. The van der Waals surface area contributed by atoms with E-state index in [9.17, 15) is 0 Å². The van der Waals surface area contributed by atoms with Crippen LogP contribution in [0.5, 0.6) is 5.75 Å². The van der Waals surface area contributed by atoms with Crippen LogP contribution in [0.1, 0.15) is 11.1 Å². The van der Waals surface area contributed by atoms with E-state index in [1.165, 1.54) is 5.56 Å². The summed E-state index contributed by atoms with van der Waals surface area (Å²) in [7, 11) is 0. The Morgan fingerprint density at radius 3 is 3.00 bits per heavy atom. The number of aromatic nitrogens is 1. The lowest BCUT2D eigenvalue weighted by atomic mass is 10.0. The second kappa shape index (κ2) is 4.09. The first kappa shape index (κ1) is 10.1. The fourth-order valence-electron chi connectivity index (χ4n) is 2.22. The van der Waals surface area contributed by atoms with Crippen LogP contribution in [0.15, 0.2) is 42.7 Å². The summed E-state index contributed by atoms with van der Waals surface area (Å²) in [4.78, 5) is 4.10. The Balaban J connectivity index is 1.76. The minimum absolute atomic E-state index is 0.180. The topological polar surface area (TPSA) is 48.1 Å². The molecule has 0 spiro atoms. The predicted octanol–water partition coefficient (Wildman–Crippen LogP) is 2.21. The molecule has 0 bridgehead atoms. The van der Waals surface area contributed by atoms with E-state index in [-0.39, 0.29) is 6.10 Å². The summed E-state index contributed by atoms with van der Waals surface area (Å²) in [6.45, 7) is 0. The molecule has 0 saturated heterocycles. The standard InChI is InChI=1S/C14H14N2O/c15-13-5-6-16-9-11(13)8-12-7-10-3-1-2-4-14(10)17-12/h1-6,9,12H,7-8H2,(H2,15,16). The van der Waals surface area contributed by atoms with Gasteiger partial charge < -0.3 is 10.5 Å². The molecule has 2 aromatic rings. The largest absolute Gasteiger partial charge is 0.489 e. The Kier molecular flexibility index (Phi) is 2.44. The van der Waals surface area contributed by atoms with Gasteiger partial charge in [-0.2, -0.15) is 0 Å². The molecule has 2 heterocycles. The Bertz CT molecular complexity index is 514. The number of benzene rings is 1. The molecule has 3 nitrogen and oxygen atoms in total. The normalized spacial score (nSPS) is 17.5. The maximum absolute atomic E-state index is 5.91. The first-order valence-electron chi connectivity index (χ1n) is 5.76. The second-order valence-electron chi connectivity index (χ2n) is 4.33. The van der Waals surface area contributed by atoms with Crippen molar-refractivity contribution in [2.24, 2.45) is 0 Å². The van der Waals surface area contributed by atoms with Gasteiger partial charge in [-0.15, -0.1) is 0 Å². The van der Waals surface area contributed by atoms with Crippen molar-refractivity contribution in [1.82, 2.24) is 4.98 Å². The van der Waals surface area contributed by atoms with Gasteiger partial charge in [0.2, 0.25) is 0 Å². The van der Waals surface area contributed by atoms with E-state index >= 15 is 0 Å². The molecule has 1 unspecified atom stereocenters. The van der Waals surface area contributed by atoms with Gasteiger partial charge >= 0.3 is 0 Å². The molecule has 1 atom stereocenters. The third-order valence-electron chi connectivity index (χ3n) is 3.10.